The molecule has 0 aliphatic carbocycles. The predicted octanol–water partition coefficient (Wildman–Crippen LogP) is 2.12. The van der Waals surface area contributed by atoms with Gasteiger partial charge in [-0.25, -0.2) is 0 Å². The molecule has 0 bridgehead atoms. The summed E-state index contributed by atoms with van der Waals surface area (Å²) in [6, 6.07) is 7.11. The highest BCUT2D eigenvalue weighted by molar-refractivity contribution is 6.30. The molecule has 0 saturated carbocycles. The Morgan fingerprint density at radius 1 is 1.07 bits per heavy atom. The third-order valence-electron chi connectivity index (χ3n) is 6.87. The monoisotopic (exact) mass is 432 g/mol. The van der Waals surface area contributed by atoms with E-state index < -0.39 is 0 Å². The predicted molar refractivity (Wildman–Crippen MR) is 115 cm³/mol. The van der Waals surface area contributed by atoms with Crippen LogP contribution in [-0.2, 0) is 14.4 Å². The maximum Gasteiger partial charge on any atom is 0.236 e. The SMILES string of the molecule is O=C(Nc1ccc(Cl)cc1)C1CCN(CC(=O)N2CCC3(CCNC3=O)CC2)CC1. The van der Waals surface area contributed by atoms with Crippen LogP contribution in [0.2, 0.25) is 5.02 Å². The Hall–Kier alpha value is -2.12. The highest BCUT2D eigenvalue weighted by atomic mass is 35.5. The molecule has 3 amide bonds. The fraction of sp³-hybridized carbons (Fsp3) is 0.591. The van der Waals surface area contributed by atoms with Crippen molar-refractivity contribution < 1.29 is 14.4 Å². The first-order valence-corrected chi connectivity index (χ1v) is 11.2. The molecular formula is C22H29ClN4O3. The second-order valence-electron chi connectivity index (χ2n) is 8.71. The average Bonchev–Trinajstić information content (AvgIpc) is 3.10. The minimum Gasteiger partial charge on any atom is -0.356 e. The molecule has 3 aliphatic heterocycles. The maximum absolute atomic E-state index is 12.7. The van der Waals surface area contributed by atoms with Crippen LogP contribution in [0.1, 0.15) is 32.1 Å². The van der Waals surface area contributed by atoms with Crippen molar-refractivity contribution in [3.05, 3.63) is 29.3 Å². The van der Waals surface area contributed by atoms with E-state index in [9.17, 15) is 14.4 Å². The number of likely N-dealkylation sites (tertiary alicyclic amines) is 2. The fourth-order valence-corrected chi connectivity index (χ4v) is 4.93. The molecule has 0 radical (unpaired) electrons. The molecular weight excluding hydrogens is 404 g/mol. The smallest absolute Gasteiger partial charge is 0.236 e. The van der Waals surface area contributed by atoms with Crippen LogP contribution >= 0.6 is 11.6 Å². The number of benzene rings is 1. The number of hydrogen-bond donors (Lipinski definition) is 2. The quantitative estimate of drug-likeness (QED) is 0.763. The summed E-state index contributed by atoms with van der Waals surface area (Å²) in [7, 11) is 0. The summed E-state index contributed by atoms with van der Waals surface area (Å²) in [4.78, 5) is 41.4. The van der Waals surface area contributed by atoms with Crippen LogP contribution in [0.3, 0.4) is 0 Å². The Balaban J connectivity index is 1.20. The number of piperidine rings is 2. The molecule has 3 heterocycles. The van der Waals surface area contributed by atoms with E-state index in [1.54, 1.807) is 24.3 Å². The lowest BCUT2D eigenvalue weighted by Gasteiger charge is -2.38. The highest BCUT2D eigenvalue weighted by Gasteiger charge is 2.45. The second-order valence-corrected chi connectivity index (χ2v) is 9.15. The van der Waals surface area contributed by atoms with Crippen LogP contribution in [-0.4, -0.2) is 66.8 Å². The highest BCUT2D eigenvalue weighted by Crippen LogP contribution is 2.38. The first-order valence-electron chi connectivity index (χ1n) is 10.8. The first kappa shape index (κ1) is 21.1. The zero-order chi connectivity index (χ0) is 21.1. The number of carbonyl (C=O) groups is 3. The van der Waals surface area contributed by atoms with Crippen molar-refractivity contribution in [3.8, 4) is 0 Å². The van der Waals surface area contributed by atoms with E-state index in [2.05, 4.69) is 15.5 Å². The average molecular weight is 433 g/mol. The molecule has 3 fully saturated rings. The lowest BCUT2D eigenvalue weighted by atomic mass is 9.77. The largest absolute Gasteiger partial charge is 0.356 e. The van der Waals surface area contributed by atoms with Crippen molar-refractivity contribution in [1.29, 1.82) is 0 Å². The summed E-state index contributed by atoms with van der Waals surface area (Å²) in [5, 5.41) is 6.52. The zero-order valence-electron chi connectivity index (χ0n) is 17.2. The molecule has 3 aliphatic rings. The van der Waals surface area contributed by atoms with Crippen molar-refractivity contribution >= 4 is 35.0 Å². The van der Waals surface area contributed by atoms with Crippen LogP contribution < -0.4 is 10.6 Å². The molecule has 8 heteroatoms. The lowest BCUT2D eigenvalue weighted by molar-refractivity contribution is -0.139. The van der Waals surface area contributed by atoms with Crippen LogP contribution in [0, 0.1) is 11.3 Å². The molecule has 3 saturated heterocycles. The maximum atomic E-state index is 12.7. The molecule has 7 nitrogen and oxygen atoms in total. The van der Waals surface area contributed by atoms with Gasteiger partial charge in [-0.2, -0.15) is 0 Å². The van der Waals surface area contributed by atoms with Gasteiger partial charge in [-0.3, -0.25) is 19.3 Å². The topological polar surface area (TPSA) is 81.8 Å². The van der Waals surface area contributed by atoms with Gasteiger partial charge in [0.15, 0.2) is 0 Å². The number of nitrogens with zero attached hydrogens (tertiary/aromatic N) is 2. The Labute approximate surface area is 182 Å². The number of rotatable bonds is 4. The van der Waals surface area contributed by atoms with Gasteiger partial charge in [0.25, 0.3) is 0 Å². The van der Waals surface area contributed by atoms with Crippen molar-refractivity contribution in [2.75, 3.05) is 44.6 Å². The van der Waals surface area contributed by atoms with Crippen molar-refractivity contribution in [2.24, 2.45) is 11.3 Å². The van der Waals surface area contributed by atoms with Gasteiger partial charge in [-0.15, -0.1) is 0 Å². The van der Waals surface area contributed by atoms with Gasteiger partial charge in [0.1, 0.15) is 0 Å². The Morgan fingerprint density at radius 2 is 1.73 bits per heavy atom. The van der Waals surface area contributed by atoms with E-state index in [1.165, 1.54) is 0 Å². The number of hydrogen-bond acceptors (Lipinski definition) is 4. The van der Waals surface area contributed by atoms with E-state index in [-0.39, 0.29) is 29.1 Å². The summed E-state index contributed by atoms with van der Waals surface area (Å²) in [6.07, 6.45) is 3.90. The molecule has 4 rings (SSSR count). The molecule has 0 atom stereocenters. The van der Waals surface area contributed by atoms with Gasteiger partial charge in [0.05, 0.1) is 12.0 Å². The van der Waals surface area contributed by atoms with E-state index >= 15 is 0 Å². The summed E-state index contributed by atoms with van der Waals surface area (Å²) < 4.78 is 0. The molecule has 1 aromatic rings. The first-order chi connectivity index (χ1) is 14.4. The number of halogens is 1. The minimum atomic E-state index is -0.243. The molecule has 0 unspecified atom stereocenters. The summed E-state index contributed by atoms with van der Waals surface area (Å²) in [6.45, 7) is 3.95. The van der Waals surface area contributed by atoms with Crippen LogP contribution in [0.4, 0.5) is 5.69 Å². The summed E-state index contributed by atoms with van der Waals surface area (Å²) in [5.41, 5.74) is 0.507. The molecule has 0 aromatic heterocycles. The van der Waals surface area contributed by atoms with E-state index in [1.807, 2.05) is 4.90 Å². The Kier molecular flexibility index (Phi) is 6.29. The lowest BCUT2D eigenvalue weighted by Crippen LogP contribution is -2.50. The molecule has 1 spiro atoms. The van der Waals surface area contributed by atoms with Gasteiger partial charge in [-0.05, 0) is 69.5 Å². The normalized spacial score (nSPS) is 22.2. The van der Waals surface area contributed by atoms with Gasteiger partial charge in [-0.1, -0.05) is 11.6 Å². The van der Waals surface area contributed by atoms with Crippen molar-refractivity contribution in [2.45, 2.75) is 32.1 Å². The number of carbonyl (C=O) groups excluding carboxylic acids is 3. The van der Waals surface area contributed by atoms with Gasteiger partial charge in [0.2, 0.25) is 17.7 Å². The Morgan fingerprint density at radius 3 is 2.33 bits per heavy atom. The van der Waals surface area contributed by atoms with Gasteiger partial charge < -0.3 is 15.5 Å². The van der Waals surface area contributed by atoms with Gasteiger partial charge >= 0.3 is 0 Å². The molecule has 30 heavy (non-hydrogen) atoms. The summed E-state index contributed by atoms with van der Waals surface area (Å²) >= 11 is 5.88. The van der Waals surface area contributed by atoms with Crippen molar-refractivity contribution in [3.63, 3.8) is 0 Å². The molecule has 162 valence electrons. The summed E-state index contributed by atoms with van der Waals surface area (Å²) in [5.74, 6) is 0.281. The molecule has 1 aromatic carbocycles. The van der Waals surface area contributed by atoms with Gasteiger partial charge in [0, 0.05) is 36.3 Å². The van der Waals surface area contributed by atoms with E-state index in [4.69, 9.17) is 11.6 Å². The van der Waals surface area contributed by atoms with Crippen molar-refractivity contribution in [1.82, 2.24) is 15.1 Å². The number of nitrogens with one attached hydrogen (secondary N) is 2. The third-order valence-corrected chi connectivity index (χ3v) is 7.13. The van der Waals surface area contributed by atoms with E-state index in [0.29, 0.717) is 24.7 Å². The van der Waals surface area contributed by atoms with Crippen LogP contribution in [0.5, 0.6) is 0 Å². The van der Waals surface area contributed by atoms with Crippen LogP contribution in [0.25, 0.3) is 0 Å². The van der Waals surface area contributed by atoms with E-state index in [0.717, 1.165) is 57.4 Å². The second kappa shape index (κ2) is 8.94. The fourth-order valence-electron chi connectivity index (χ4n) is 4.80. The number of anilines is 1. The Bertz CT molecular complexity index is 797. The molecule has 2 N–H and O–H groups in total. The zero-order valence-corrected chi connectivity index (χ0v) is 17.9. The minimum absolute atomic E-state index is 0.0273. The third kappa shape index (κ3) is 4.62. The van der Waals surface area contributed by atoms with Crippen LogP contribution in [0.15, 0.2) is 24.3 Å². The number of amides is 3. The standard InChI is InChI=1S/C22H29ClN4O3/c23-17-1-3-18(4-2-17)25-20(29)16-5-11-26(12-6-16)15-19(28)27-13-8-22(9-14-27)7-10-24-21(22)30/h1-4,16H,5-15H2,(H,24,30)(H,25,29).